The summed E-state index contributed by atoms with van der Waals surface area (Å²) in [7, 11) is 1.63. The molecule has 0 aliphatic carbocycles. The minimum atomic E-state index is 0.469. The van der Waals surface area contributed by atoms with Crippen molar-refractivity contribution >= 4 is 10.9 Å². The number of nitrogens with zero attached hydrogens (tertiary/aromatic N) is 3. The zero-order chi connectivity index (χ0) is 16.5. The van der Waals surface area contributed by atoms with Gasteiger partial charge >= 0.3 is 0 Å². The molecule has 4 rings (SSSR count). The molecule has 2 heterocycles. The van der Waals surface area contributed by atoms with E-state index in [2.05, 4.69) is 15.2 Å². The highest BCUT2D eigenvalue weighted by atomic mass is 16.5. The molecule has 0 radical (unpaired) electrons. The van der Waals surface area contributed by atoms with E-state index in [0.717, 1.165) is 33.5 Å². The van der Waals surface area contributed by atoms with Gasteiger partial charge < -0.3 is 9.15 Å². The van der Waals surface area contributed by atoms with Crippen molar-refractivity contribution in [2.45, 2.75) is 6.92 Å². The molecule has 0 unspecified atom stereocenters. The van der Waals surface area contributed by atoms with Gasteiger partial charge in [-0.2, -0.15) is 0 Å². The first-order valence-electron chi connectivity index (χ1n) is 7.59. The van der Waals surface area contributed by atoms with E-state index in [1.807, 2.05) is 61.5 Å². The van der Waals surface area contributed by atoms with Crippen LogP contribution in [0.15, 0.2) is 59.0 Å². The second-order valence-corrected chi connectivity index (χ2v) is 5.45. The van der Waals surface area contributed by atoms with Crippen molar-refractivity contribution in [3.05, 3.63) is 60.3 Å². The lowest BCUT2D eigenvalue weighted by Gasteiger charge is -2.03. The van der Waals surface area contributed by atoms with Gasteiger partial charge in [0.25, 0.3) is 0 Å². The molecule has 2 aromatic carbocycles. The molecular formula is C19H15N3O2. The van der Waals surface area contributed by atoms with Gasteiger partial charge in [-0.3, -0.25) is 4.98 Å². The third-order valence-electron chi connectivity index (χ3n) is 3.91. The van der Waals surface area contributed by atoms with Crippen LogP contribution in [-0.2, 0) is 0 Å². The van der Waals surface area contributed by atoms with Crippen LogP contribution >= 0.6 is 0 Å². The Kier molecular flexibility index (Phi) is 3.46. The lowest BCUT2D eigenvalue weighted by molar-refractivity contribution is 0.415. The first-order chi connectivity index (χ1) is 11.7. The topological polar surface area (TPSA) is 61.0 Å². The molecule has 4 aromatic rings. The van der Waals surface area contributed by atoms with Gasteiger partial charge in [0.15, 0.2) is 0 Å². The molecule has 5 heteroatoms. The van der Waals surface area contributed by atoms with E-state index in [1.165, 1.54) is 0 Å². The van der Waals surface area contributed by atoms with Crippen molar-refractivity contribution < 1.29 is 9.15 Å². The Morgan fingerprint density at radius 1 is 0.917 bits per heavy atom. The molecule has 24 heavy (non-hydrogen) atoms. The maximum absolute atomic E-state index is 5.86. The fraction of sp³-hybridized carbons (Fsp3) is 0.105. The maximum Gasteiger partial charge on any atom is 0.250 e. The fourth-order valence-corrected chi connectivity index (χ4v) is 2.61. The van der Waals surface area contributed by atoms with E-state index in [0.29, 0.717) is 11.8 Å². The van der Waals surface area contributed by atoms with Gasteiger partial charge in [-0.1, -0.05) is 18.2 Å². The average Bonchev–Trinajstić information content (AvgIpc) is 3.11. The van der Waals surface area contributed by atoms with Crippen LogP contribution in [0.2, 0.25) is 0 Å². The van der Waals surface area contributed by atoms with Crippen LogP contribution in [0.4, 0.5) is 0 Å². The molecule has 5 nitrogen and oxygen atoms in total. The Labute approximate surface area is 138 Å². The van der Waals surface area contributed by atoms with E-state index >= 15 is 0 Å². The van der Waals surface area contributed by atoms with Gasteiger partial charge in [0.1, 0.15) is 5.75 Å². The minimum Gasteiger partial charge on any atom is -0.497 e. The van der Waals surface area contributed by atoms with Gasteiger partial charge in [0.2, 0.25) is 11.8 Å². The van der Waals surface area contributed by atoms with Crippen LogP contribution in [0, 0.1) is 6.92 Å². The van der Waals surface area contributed by atoms with E-state index in [4.69, 9.17) is 9.15 Å². The number of rotatable bonds is 3. The Morgan fingerprint density at radius 3 is 2.46 bits per heavy atom. The van der Waals surface area contributed by atoms with Crippen molar-refractivity contribution in [1.82, 2.24) is 15.2 Å². The Hall–Kier alpha value is -3.21. The third-order valence-corrected chi connectivity index (χ3v) is 3.91. The quantitative estimate of drug-likeness (QED) is 0.565. The van der Waals surface area contributed by atoms with Crippen molar-refractivity contribution in [1.29, 1.82) is 0 Å². The molecule has 0 atom stereocenters. The summed E-state index contributed by atoms with van der Waals surface area (Å²) in [4.78, 5) is 4.61. The van der Waals surface area contributed by atoms with Crippen molar-refractivity contribution in [3.8, 4) is 28.7 Å². The zero-order valence-electron chi connectivity index (χ0n) is 13.4. The van der Waals surface area contributed by atoms with Crippen molar-refractivity contribution in [3.63, 3.8) is 0 Å². The number of pyridine rings is 1. The molecule has 0 saturated carbocycles. The van der Waals surface area contributed by atoms with E-state index in [9.17, 15) is 0 Å². The highest BCUT2D eigenvalue weighted by molar-refractivity contribution is 5.83. The molecule has 0 saturated heterocycles. The minimum absolute atomic E-state index is 0.469. The first-order valence-corrected chi connectivity index (χ1v) is 7.59. The number of ether oxygens (including phenoxy) is 1. The second kappa shape index (κ2) is 5.77. The molecule has 0 aliphatic rings. The maximum atomic E-state index is 5.86. The number of hydrogen-bond acceptors (Lipinski definition) is 5. The molecule has 0 aliphatic heterocycles. The Morgan fingerprint density at radius 2 is 1.67 bits per heavy atom. The smallest absolute Gasteiger partial charge is 0.250 e. The van der Waals surface area contributed by atoms with Crippen LogP contribution in [-0.4, -0.2) is 22.3 Å². The molecular weight excluding hydrogens is 302 g/mol. The van der Waals surface area contributed by atoms with E-state index < -0.39 is 0 Å². The lowest BCUT2D eigenvalue weighted by Crippen LogP contribution is -1.89. The van der Waals surface area contributed by atoms with E-state index in [-0.39, 0.29) is 0 Å². The Bertz CT molecular complexity index is 1010. The number of benzene rings is 2. The number of aryl methyl sites for hydroxylation is 1. The zero-order valence-corrected chi connectivity index (χ0v) is 13.4. The summed E-state index contributed by atoms with van der Waals surface area (Å²) in [6, 6.07) is 17.5. The van der Waals surface area contributed by atoms with Crippen LogP contribution in [0.5, 0.6) is 5.75 Å². The molecule has 0 bridgehead atoms. The summed E-state index contributed by atoms with van der Waals surface area (Å²) in [6.07, 6.45) is 0. The van der Waals surface area contributed by atoms with Gasteiger partial charge in [-0.15, -0.1) is 10.2 Å². The standard InChI is InChI=1S/C19H15N3O2/c1-12-16(11-14-5-3-4-6-17(14)20-12)19-22-21-18(24-19)13-7-9-15(23-2)10-8-13/h3-11H,1-2H3. The van der Waals surface area contributed by atoms with Crippen LogP contribution in [0.3, 0.4) is 0 Å². The molecule has 0 fully saturated rings. The average molecular weight is 317 g/mol. The number of para-hydroxylation sites is 1. The second-order valence-electron chi connectivity index (χ2n) is 5.45. The van der Waals surface area contributed by atoms with Gasteiger partial charge in [-0.05, 0) is 43.3 Å². The molecule has 0 amide bonds. The SMILES string of the molecule is COc1ccc(-c2nnc(-c3cc4ccccc4nc3C)o2)cc1. The fourth-order valence-electron chi connectivity index (χ4n) is 2.61. The summed E-state index contributed by atoms with van der Waals surface area (Å²) < 4.78 is 11.0. The number of methoxy groups -OCH3 is 1. The third kappa shape index (κ3) is 2.50. The molecule has 0 N–H and O–H groups in total. The van der Waals surface area contributed by atoms with Crippen molar-refractivity contribution in [2.24, 2.45) is 0 Å². The molecule has 0 spiro atoms. The first kappa shape index (κ1) is 14.4. The number of fused-ring (bicyclic) bond motifs is 1. The largest absolute Gasteiger partial charge is 0.497 e. The summed E-state index contributed by atoms with van der Waals surface area (Å²) >= 11 is 0. The van der Waals surface area contributed by atoms with Crippen LogP contribution < -0.4 is 4.74 Å². The molecule has 2 aromatic heterocycles. The number of aromatic nitrogens is 3. The summed E-state index contributed by atoms with van der Waals surface area (Å²) in [5, 5.41) is 9.38. The molecule has 118 valence electrons. The predicted molar refractivity (Wildman–Crippen MR) is 91.8 cm³/mol. The van der Waals surface area contributed by atoms with Gasteiger partial charge in [0, 0.05) is 10.9 Å². The van der Waals surface area contributed by atoms with Crippen molar-refractivity contribution in [2.75, 3.05) is 7.11 Å². The van der Waals surface area contributed by atoms with Gasteiger partial charge in [-0.25, -0.2) is 0 Å². The lowest BCUT2D eigenvalue weighted by atomic mass is 10.1. The summed E-state index contributed by atoms with van der Waals surface area (Å²) in [5.74, 6) is 1.73. The normalized spacial score (nSPS) is 10.9. The highest BCUT2D eigenvalue weighted by Gasteiger charge is 2.14. The summed E-state index contributed by atoms with van der Waals surface area (Å²) in [6.45, 7) is 1.94. The van der Waals surface area contributed by atoms with Gasteiger partial charge in [0.05, 0.1) is 23.9 Å². The van der Waals surface area contributed by atoms with Crippen LogP contribution in [0.1, 0.15) is 5.69 Å². The highest BCUT2D eigenvalue weighted by Crippen LogP contribution is 2.28. The van der Waals surface area contributed by atoms with E-state index in [1.54, 1.807) is 7.11 Å². The number of hydrogen-bond donors (Lipinski definition) is 0. The monoisotopic (exact) mass is 317 g/mol. The summed E-state index contributed by atoms with van der Waals surface area (Å²) in [5.41, 5.74) is 3.51. The predicted octanol–water partition coefficient (Wildman–Crippen LogP) is 4.27. The van der Waals surface area contributed by atoms with Crippen LogP contribution in [0.25, 0.3) is 33.8 Å². The Balaban J connectivity index is 1.75.